The molecule has 17 heavy (non-hydrogen) atoms. The first kappa shape index (κ1) is 12.1. The van der Waals surface area contributed by atoms with E-state index in [0.717, 1.165) is 13.0 Å². The minimum absolute atomic E-state index is 0.0782. The molecule has 1 heterocycles. The number of rotatable bonds is 2. The molecule has 1 unspecified atom stereocenters. The summed E-state index contributed by atoms with van der Waals surface area (Å²) in [5, 5.41) is 0. The van der Waals surface area contributed by atoms with Gasteiger partial charge in [0.2, 0.25) is 5.91 Å². The van der Waals surface area contributed by atoms with Gasteiger partial charge in [0.05, 0.1) is 6.04 Å². The number of hydrogen-bond donors (Lipinski definition) is 1. The summed E-state index contributed by atoms with van der Waals surface area (Å²) < 4.78 is 0. The Bertz CT molecular complexity index is 414. The smallest absolute Gasteiger partial charge is 0.240 e. The fraction of sp³-hybridized carbons (Fsp3) is 0.500. The third kappa shape index (κ3) is 2.50. The van der Waals surface area contributed by atoms with Gasteiger partial charge in [0.1, 0.15) is 0 Å². The monoisotopic (exact) mass is 232 g/mol. The van der Waals surface area contributed by atoms with Crippen molar-refractivity contribution in [1.29, 1.82) is 0 Å². The van der Waals surface area contributed by atoms with Crippen LogP contribution in [0.5, 0.6) is 0 Å². The molecule has 1 aliphatic rings. The maximum Gasteiger partial charge on any atom is 0.240 e. The van der Waals surface area contributed by atoms with Gasteiger partial charge >= 0.3 is 0 Å². The van der Waals surface area contributed by atoms with Gasteiger partial charge in [-0.15, -0.1) is 0 Å². The number of carbonyl (C=O) groups is 1. The molecule has 92 valence electrons. The molecule has 2 rings (SSSR count). The van der Waals surface area contributed by atoms with Gasteiger partial charge in [0.25, 0.3) is 0 Å². The van der Waals surface area contributed by atoms with Crippen molar-refractivity contribution >= 4 is 5.91 Å². The van der Waals surface area contributed by atoms with Crippen molar-refractivity contribution in [3.63, 3.8) is 0 Å². The van der Waals surface area contributed by atoms with Crippen molar-refractivity contribution in [2.75, 3.05) is 6.54 Å². The molecule has 1 atom stereocenters. The summed E-state index contributed by atoms with van der Waals surface area (Å²) in [6, 6.07) is 7.93. The first-order valence-corrected chi connectivity index (χ1v) is 6.20. The Morgan fingerprint density at radius 3 is 2.59 bits per heavy atom. The van der Waals surface area contributed by atoms with E-state index in [-0.39, 0.29) is 17.9 Å². The number of benzene rings is 1. The molecule has 0 fully saturated rings. The van der Waals surface area contributed by atoms with Crippen LogP contribution in [0.4, 0.5) is 0 Å². The average molecular weight is 232 g/mol. The quantitative estimate of drug-likeness (QED) is 0.841. The van der Waals surface area contributed by atoms with E-state index in [0.29, 0.717) is 6.54 Å². The summed E-state index contributed by atoms with van der Waals surface area (Å²) in [6.45, 7) is 5.46. The summed E-state index contributed by atoms with van der Waals surface area (Å²) in [5.74, 6) is 0.272. The van der Waals surface area contributed by atoms with Gasteiger partial charge in [-0.3, -0.25) is 4.79 Å². The van der Waals surface area contributed by atoms with Crippen molar-refractivity contribution in [2.45, 2.75) is 32.9 Å². The Hall–Kier alpha value is -1.35. The SMILES string of the molecule is CC(C)C(N)C(=O)N1CCc2ccccc2C1. The predicted octanol–water partition coefficient (Wildman–Crippen LogP) is 1.55. The van der Waals surface area contributed by atoms with Crippen LogP contribution in [0, 0.1) is 5.92 Å². The second kappa shape index (κ2) is 4.88. The van der Waals surface area contributed by atoms with E-state index in [2.05, 4.69) is 18.2 Å². The highest BCUT2D eigenvalue weighted by molar-refractivity contribution is 5.82. The van der Waals surface area contributed by atoms with Gasteiger partial charge in [0.15, 0.2) is 0 Å². The lowest BCUT2D eigenvalue weighted by Crippen LogP contribution is -2.48. The van der Waals surface area contributed by atoms with Crippen LogP contribution in [0.15, 0.2) is 24.3 Å². The largest absolute Gasteiger partial charge is 0.337 e. The lowest BCUT2D eigenvalue weighted by atomic mass is 9.97. The van der Waals surface area contributed by atoms with Gasteiger partial charge in [-0.25, -0.2) is 0 Å². The minimum atomic E-state index is -0.375. The molecular formula is C14H20N2O. The number of carbonyl (C=O) groups excluding carboxylic acids is 1. The minimum Gasteiger partial charge on any atom is -0.337 e. The van der Waals surface area contributed by atoms with Gasteiger partial charge in [-0.1, -0.05) is 38.1 Å². The molecule has 0 aliphatic carbocycles. The van der Waals surface area contributed by atoms with E-state index in [4.69, 9.17) is 5.73 Å². The van der Waals surface area contributed by atoms with Gasteiger partial charge in [0, 0.05) is 13.1 Å². The molecule has 0 saturated heterocycles. The number of nitrogens with zero attached hydrogens (tertiary/aromatic N) is 1. The van der Waals surface area contributed by atoms with Gasteiger partial charge in [-0.05, 0) is 23.5 Å². The fourth-order valence-corrected chi connectivity index (χ4v) is 2.18. The van der Waals surface area contributed by atoms with Crippen LogP contribution < -0.4 is 5.73 Å². The maximum atomic E-state index is 12.2. The van der Waals surface area contributed by atoms with Crippen LogP contribution in [-0.4, -0.2) is 23.4 Å². The summed E-state index contributed by atoms with van der Waals surface area (Å²) >= 11 is 0. The zero-order chi connectivity index (χ0) is 12.4. The zero-order valence-electron chi connectivity index (χ0n) is 10.5. The highest BCUT2D eigenvalue weighted by Crippen LogP contribution is 2.19. The van der Waals surface area contributed by atoms with Crippen molar-refractivity contribution in [2.24, 2.45) is 11.7 Å². The summed E-state index contributed by atoms with van der Waals surface area (Å²) in [4.78, 5) is 14.0. The van der Waals surface area contributed by atoms with Crippen LogP contribution >= 0.6 is 0 Å². The molecule has 3 nitrogen and oxygen atoms in total. The molecular weight excluding hydrogens is 212 g/mol. The van der Waals surface area contributed by atoms with Crippen molar-refractivity contribution in [1.82, 2.24) is 4.90 Å². The Kier molecular flexibility index (Phi) is 3.48. The number of nitrogens with two attached hydrogens (primary N) is 1. The lowest BCUT2D eigenvalue weighted by molar-refractivity contribution is -0.134. The van der Waals surface area contributed by atoms with Crippen LogP contribution in [0.25, 0.3) is 0 Å². The second-order valence-electron chi connectivity index (χ2n) is 5.05. The topological polar surface area (TPSA) is 46.3 Å². The molecule has 3 heteroatoms. The standard InChI is InChI=1S/C14H20N2O/c1-10(2)13(15)14(17)16-8-7-11-5-3-4-6-12(11)9-16/h3-6,10,13H,7-9,15H2,1-2H3. The average Bonchev–Trinajstić information content (AvgIpc) is 2.36. The number of amides is 1. The molecule has 0 aromatic heterocycles. The normalized spacial score (nSPS) is 16.8. The van der Waals surface area contributed by atoms with Crippen molar-refractivity contribution in [3.05, 3.63) is 35.4 Å². The molecule has 0 saturated carbocycles. The van der Waals surface area contributed by atoms with Gasteiger partial charge in [-0.2, -0.15) is 0 Å². The van der Waals surface area contributed by atoms with E-state index in [1.165, 1.54) is 11.1 Å². The Balaban J connectivity index is 2.10. The predicted molar refractivity (Wildman–Crippen MR) is 68.4 cm³/mol. The lowest BCUT2D eigenvalue weighted by Gasteiger charge is -2.31. The van der Waals surface area contributed by atoms with Crippen LogP contribution in [-0.2, 0) is 17.8 Å². The van der Waals surface area contributed by atoms with E-state index >= 15 is 0 Å². The molecule has 1 aliphatic heterocycles. The zero-order valence-corrected chi connectivity index (χ0v) is 10.5. The van der Waals surface area contributed by atoms with E-state index in [1.807, 2.05) is 24.8 Å². The molecule has 0 radical (unpaired) electrons. The third-order valence-electron chi connectivity index (χ3n) is 3.45. The van der Waals surface area contributed by atoms with Crippen molar-refractivity contribution in [3.8, 4) is 0 Å². The van der Waals surface area contributed by atoms with E-state index < -0.39 is 0 Å². The Morgan fingerprint density at radius 1 is 1.29 bits per heavy atom. The second-order valence-corrected chi connectivity index (χ2v) is 5.05. The molecule has 0 spiro atoms. The Labute approximate surface area is 103 Å². The summed E-state index contributed by atoms with van der Waals surface area (Å²) in [7, 11) is 0. The molecule has 1 aromatic rings. The first-order valence-electron chi connectivity index (χ1n) is 6.20. The highest BCUT2D eigenvalue weighted by atomic mass is 16.2. The van der Waals surface area contributed by atoms with Crippen LogP contribution in [0.1, 0.15) is 25.0 Å². The molecule has 1 amide bonds. The first-order chi connectivity index (χ1) is 8.09. The highest BCUT2D eigenvalue weighted by Gasteiger charge is 2.26. The maximum absolute atomic E-state index is 12.2. The van der Waals surface area contributed by atoms with E-state index in [1.54, 1.807) is 0 Å². The Morgan fingerprint density at radius 2 is 1.94 bits per heavy atom. The molecule has 1 aromatic carbocycles. The molecule has 0 bridgehead atoms. The fourth-order valence-electron chi connectivity index (χ4n) is 2.18. The van der Waals surface area contributed by atoms with Crippen LogP contribution in [0.2, 0.25) is 0 Å². The molecule has 2 N–H and O–H groups in total. The van der Waals surface area contributed by atoms with Gasteiger partial charge < -0.3 is 10.6 Å². The van der Waals surface area contributed by atoms with Crippen LogP contribution in [0.3, 0.4) is 0 Å². The number of hydrogen-bond acceptors (Lipinski definition) is 2. The van der Waals surface area contributed by atoms with Crippen molar-refractivity contribution < 1.29 is 4.79 Å². The van der Waals surface area contributed by atoms with E-state index in [9.17, 15) is 4.79 Å². The summed E-state index contributed by atoms with van der Waals surface area (Å²) in [6.07, 6.45) is 0.937. The summed E-state index contributed by atoms with van der Waals surface area (Å²) in [5.41, 5.74) is 8.53. The number of fused-ring (bicyclic) bond motifs is 1. The third-order valence-corrected chi connectivity index (χ3v) is 3.45.